The topological polar surface area (TPSA) is 37.4 Å². The normalized spacial score (nSPS) is 20.9. The molecule has 118 valence electrons. The molecule has 1 atom stereocenters. The van der Waals surface area contributed by atoms with E-state index in [0.29, 0.717) is 6.04 Å². The molecule has 1 aromatic rings. The van der Waals surface area contributed by atoms with E-state index in [1.165, 1.54) is 12.3 Å². The molecule has 1 saturated heterocycles. The number of aromatic nitrogens is 1. The van der Waals surface area contributed by atoms with Crippen LogP contribution in [0.5, 0.6) is 5.88 Å². The van der Waals surface area contributed by atoms with Crippen molar-refractivity contribution in [1.29, 1.82) is 0 Å². The van der Waals surface area contributed by atoms with Gasteiger partial charge in [0.05, 0.1) is 11.9 Å². The predicted molar refractivity (Wildman–Crippen MR) is 74.5 cm³/mol. The number of hydrogen-bond acceptors (Lipinski definition) is 4. The van der Waals surface area contributed by atoms with Gasteiger partial charge in [0.2, 0.25) is 5.88 Å². The van der Waals surface area contributed by atoms with E-state index in [9.17, 15) is 13.2 Å². The van der Waals surface area contributed by atoms with Gasteiger partial charge in [-0.2, -0.15) is 13.2 Å². The van der Waals surface area contributed by atoms with Crippen molar-refractivity contribution in [3.8, 4) is 5.88 Å². The minimum atomic E-state index is -4.34. The smallest absolute Gasteiger partial charge is 0.422 e. The van der Waals surface area contributed by atoms with Crippen LogP contribution in [0, 0.1) is 0 Å². The van der Waals surface area contributed by atoms with E-state index < -0.39 is 12.8 Å². The van der Waals surface area contributed by atoms with Crippen LogP contribution in [0.15, 0.2) is 18.3 Å². The number of halogens is 3. The Bertz CT molecular complexity index is 436. The zero-order valence-electron chi connectivity index (χ0n) is 12.0. The Morgan fingerprint density at radius 3 is 2.81 bits per heavy atom. The van der Waals surface area contributed by atoms with Crippen LogP contribution in [-0.4, -0.2) is 48.8 Å². The maximum atomic E-state index is 12.0. The minimum Gasteiger partial charge on any atom is -0.468 e. The SMILES string of the molecule is CN1CCCC(Nc2ccc(OCC(F)(F)F)nc2)CC1. The number of anilines is 1. The number of likely N-dealkylation sites (tertiary alicyclic amines) is 1. The molecule has 0 radical (unpaired) electrons. The maximum Gasteiger partial charge on any atom is 0.422 e. The fraction of sp³-hybridized carbons (Fsp3) is 0.643. The van der Waals surface area contributed by atoms with E-state index in [0.717, 1.165) is 38.0 Å². The minimum absolute atomic E-state index is 0.0153. The van der Waals surface area contributed by atoms with Crippen molar-refractivity contribution in [2.45, 2.75) is 31.5 Å². The molecule has 7 heteroatoms. The third kappa shape index (κ3) is 5.79. The van der Waals surface area contributed by atoms with Crippen molar-refractivity contribution in [2.75, 3.05) is 32.1 Å². The molecule has 4 nitrogen and oxygen atoms in total. The molecule has 0 aliphatic carbocycles. The first kappa shape index (κ1) is 15.9. The molecule has 0 spiro atoms. The molecule has 1 aliphatic heterocycles. The first-order chi connectivity index (χ1) is 9.92. The van der Waals surface area contributed by atoms with Crippen molar-refractivity contribution < 1.29 is 17.9 Å². The summed E-state index contributed by atoms with van der Waals surface area (Å²) in [7, 11) is 2.11. The van der Waals surface area contributed by atoms with E-state index in [2.05, 4.69) is 27.0 Å². The number of alkyl halides is 3. The molecular formula is C14H20F3N3O. The van der Waals surface area contributed by atoms with E-state index in [4.69, 9.17) is 0 Å². The predicted octanol–water partition coefficient (Wildman–Crippen LogP) is 2.92. The van der Waals surface area contributed by atoms with Gasteiger partial charge in [0.1, 0.15) is 0 Å². The quantitative estimate of drug-likeness (QED) is 0.928. The highest BCUT2D eigenvalue weighted by molar-refractivity contribution is 5.43. The lowest BCUT2D eigenvalue weighted by atomic mass is 10.1. The summed E-state index contributed by atoms with van der Waals surface area (Å²) in [5, 5.41) is 3.37. The number of nitrogens with one attached hydrogen (secondary N) is 1. The Labute approximate surface area is 122 Å². The van der Waals surface area contributed by atoms with Crippen LogP contribution in [0.25, 0.3) is 0 Å². The van der Waals surface area contributed by atoms with Gasteiger partial charge in [-0.15, -0.1) is 0 Å². The largest absolute Gasteiger partial charge is 0.468 e. The summed E-state index contributed by atoms with van der Waals surface area (Å²) in [6.07, 6.45) is 0.430. The highest BCUT2D eigenvalue weighted by Crippen LogP contribution is 2.20. The van der Waals surface area contributed by atoms with Crippen molar-refractivity contribution in [3.05, 3.63) is 18.3 Å². The number of ether oxygens (including phenoxy) is 1. The van der Waals surface area contributed by atoms with E-state index in [1.807, 2.05) is 0 Å². The molecule has 0 saturated carbocycles. The van der Waals surface area contributed by atoms with Crippen LogP contribution in [0.4, 0.5) is 18.9 Å². The van der Waals surface area contributed by atoms with Crippen molar-refractivity contribution in [2.24, 2.45) is 0 Å². The Kier molecular flexibility index (Phi) is 5.27. The molecule has 1 unspecified atom stereocenters. The Morgan fingerprint density at radius 2 is 2.14 bits per heavy atom. The van der Waals surface area contributed by atoms with E-state index in [1.54, 1.807) is 6.07 Å². The lowest BCUT2D eigenvalue weighted by Crippen LogP contribution is -2.23. The average molecular weight is 303 g/mol. The lowest BCUT2D eigenvalue weighted by Gasteiger charge is -2.18. The number of rotatable bonds is 4. The molecule has 2 rings (SSSR count). The van der Waals surface area contributed by atoms with Gasteiger partial charge in [-0.3, -0.25) is 0 Å². The zero-order valence-corrected chi connectivity index (χ0v) is 12.0. The third-order valence-corrected chi connectivity index (χ3v) is 3.44. The van der Waals surface area contributed by atoms with Crippen LogP contribution in [-0.2, 0) is 0 Å². The summed E-state index contributed by atoms with van der Waals surface area (Å²) in [6.45, 7) is 0.820. The first-order valence-electron chi connectivity index (χ1n) is 7.03. The summed E-state index contributed by atoms with van der Waals surface area (Å²) in [4.78, 5) is 6.19. The Morgan fingerprint density at radius 1 is 1.33 bits per heavy atom. The molecule has 0 amide bonds. The molecule has 1 aliphatic rings. The maximum absolute atomic E-state index is 12.0. The molecule has 1 aromatic heterocycles. The lowest BCUT2D eigenvalue weighted by molar-refractivity contribution is -0.154. The molecule has 1 fully saturated rings. The van der Waals surface area contributed by atoms with Crippen LogP contribution in [0.2, 0.25) is 0 Å². The van der Waals surface area contributed by atoms with Crippen LogP contribution in [0.3, 0.4) is 0 Å². The van der Waals surface area contributed by atoms with Crippen LogP contribution >= 0.6 is 0 Å². The summed E-state index contributed by atoms with van der Waals surface area (Å²) in [5.41, 5.74) is 0.809. The Balaban J connectivity index is 1.84. The zero-order chi connectivity index (χ0) is 15.3. The number of nitrogens with zero attached hydrogens (tertiary/aromatic N) is 2. The number of hydrogen-bond donors (Lipinski definition) is 1. The second-order valence-electron chi connectivity index (χ2n) is 5.36. The van der Waals surface area contributed by atoms with Crippen LogP contribution in [0.1, 0.15) is 19.3 Å². The summed E-state index contributed by atoms with van der Waals surface area (Å²) >= 11 is 0. The standard InChI is InChI=1S/C14H20F3N3O/c1-20-7-2-3-11(6-8-20)19-12-4-5-13(18-9-12)21-10-14(15,16)17/h4-5,9,11,19H,2-3,6-8,10H2,1H3. The third-order valence-electron chi connectivity index (χ3n) is 3.44. The molecule has 2 heterocycles. The van der Waals surface area contributed by atoms with Gasteiger partial charge in [-0.05, 0) is 45.5 Å². The average Bonchev–Trinajstić information content (AvgIpc) is 2.62. The molecule has 0 bridgehead atoms. The molecule has 0 aromatic carbocycles. The molecule has 21 heavy (non-hydrogen) atoms. The number of pyridine rings is 1. The molecular weight excluding hydrogens is 283 g/mol. The van der Waals surface area contributed by atoms with Crippen molar-refractivity contribution in [1.82, 2.24) is 9.88 Å². The van der Waals surface area contributed by atoms with E-state index in [-0.39, 0.29) is 5.88 Å². The van der Waals surface area contributed by atoms with Gasteiger partial charge in [0, 0.05) is 12.1 Å². The highest BCUT2D eigenvalue weighted by Gasteiger charge is 2.28. The monoisotopic (exact) mass is 303 g/mol. The van der Waals surface area contributed by atoms with Gasteiger partial charge < -0.3 is 15.0 Å². The first-order valence-corrected chi connectivity index (χ1v) is 7.03. The van der Waals surface area contributed by atoms with Gasteiger partial charge in [-0.1, -0.05) is 0 Å². The second-order valence-corrected chi connectivity index (χ2v) is 5.36. The van der Waals surface area contributed by atoms with Crippen molar-refractivity contribution in [3.63, 3.8) is 0 Å². The van der Waals surface area contributed by atoms with Gasteiger partial charge in [0.25, 0.3) is 0 Å². The fourth-order valence-corrected chi connectivity index (χ4v) is 2.33. The molecule has 1 N–H and O–H groups in total. The van der Waals surface area contributed by atoms with Gasteiger partial charge in [0.15, 0.2) is 6.61 Å². The summed E-state index contributed by atoms with van der Waals surface area (Å²) in [5.74, 6) is -0.0153. The van der Waals surface area contributed by atoms with Crippen molar-refractivity contribution >= 4 is 5.69 Å². The summed E-state index contributed by atoms with van der Waals surface area (Å²) < 4.78 is 40.7. The fourth-order valence-electron chi connectivity index (χ4n) is 2.33. The Hall–Kier alpha value is -1.50. The van der Waals surface area contributed by atoms with Crippen LogP contribution < -0.4 is 10.1 Å². The van der Waals surface area contributed by atoms with Gasteiger partial charge in [-0.25, -0.2) is 4.98 Å². The van der Waals surface area contributed by atoms with E-state index >= 15 is 0 Å². The summed E-state index contributed by atoms with van der Waals surface area (Å²) in [6, 6.07) is 3.53. The van der Waals surface area contributed by atoms with Gasteiger partial charge >= 0.3 is 6.18 Å². The highest BCUT2D eigenvalue weighted by atomic mass is 19.4. The second kappa shape index (κ2) is 6.98.